The molecule has 22 heavy (non-hydrogen) atoms. The van der Waals surface area contributed by atoms with Crippen LogP contribution in [0.25, 0.3) is 0 Å². The Hall–Kier alpha value is -1.60. The highest BCUT2D eigenvalue weighted by atomic mass is 35.5. The molecule has 0 aliphatic heterocycles. The van der Waals surface area contributed by atoms with Crippen LogP contribution in [-0.2, 0) is 11.3 Å². The standard InChI is InChI=1S/C14H20ClF2N3O2/c1-2-21-7-3-6-19-14(18)20-9-10-8-11(15)4-5-12(10)22-13(16)17/h4-5,8,13H,2-3,6-7,9H2,1H3,(H3,18,19,20). The Morgan fingerprint density at radius 2 is 2.23 bits per heavy atom. The second-order valence-corrected chi connectivity index (χ2v) is 4.75. The minimum atomic E-state index is -2.90. The monoisotopic (exact) mass is 335 g/mol. The summed E-state index contributed by atoms with van der Waals surface area (Å²) >= 11 is 5.85. The molecule has 0 unspecified atom stereocenters. The summed E-state index contributed by atoms with van der Waals surface area (Å²) in [6.45, 7) is 1.03. The summed E-state index contributed by atoms with van der Waals surface area (Å²) in [5.74, 6) is 0.256. The summed E-state index contributed by atoms with van der Waals surface area (Å²) in [6.07, 6.45) is 0.793. The van der Waals surface area contributed by atoms with Gasteiger partial charge >= 0.3 is 6.61 Å². The second-order valence-electron chi connectivity index (χ2n) is 4.31. The molecule has 8 heteroatoms. The fourth-order valence-electron chi connectivity index (χ4n) is 1.64. The number of halogens is 3. The van der Waals surface area contributed by atoms with Gasteiger partial charge in [-0.25, -0.2) is 4.99 Å². The van der Waals surface area contributed by atoms with Crippen LogP contribution >= 0.6 is 11.6 Å². The van der Waals surface area contributed by atoms with E-state index in [1.807, 2.05) is 6.92 Å². The van der Waals surface area contributed by atoms with E-state index in [4.69, 9.17) is 22.1 Å². The number of ether oxygens (including phenoxy) is 2. The molecule has 3 N–H and O–H groups in total. The molecule has 1 rings (SSSR count). The molecule has 0 amide bonds. The van der Waals surface area contributed by atoms with Crippen LogP contribution in [0, 0.1) is 0 Å². The molecule has 0 aliphatic rings. The third-order valence-corrected chi connectivity index (χ3v) is 2.87. The number of nitrogens with two attached hydrogens (primary N) is 1. The van der Waals surface area contributed by atoms with E-state index in [0.29, 0.717) is 30.3 Å². The van der Waals surface area contributed by atoms with Crippen LogP contribution < -0.4 is 15.8 Å². The molecule has 0 aliphatic carbocycles. The van der Waals surface area contributed by atoms with Crippen molar-refractivity contribution < 1.29 is 18.3 Å². The average Bonchev–Trinajstić information content (AvgIpc) is 2.47. The zero-order valence-electron chi connectivity index (χ0n) is 12.3. The number of aliphatic imine (C=N–C) groups is 1. The van der Waals surface area contributed by atoms with Gasteiger partial charge in [0.2, 0.25) is 0 Å². The first kappa shape index (κ1) is 18.4. The number of nitrogens with one attached hydrogen (secondary N) is 1. The van der Waals surface area contributed by atoms with Crippen molar-refractivity contribution in [3.8, 4) is 5.75 Å². The maximum Gasteiger partial charge on any atom is 0.387 e. The van der Waals surface area contributed by atoms with E-state index in [1.165, 1.54) is 18.2 Å². The maximum atomic E-state index is 12.3. The number of hydrogen-bond donors (Lipinski definition) is 2. The van der Waals surface area contributed by atoms with Gasteiger partial charge in [0.1, 0.15) is 5.75 Å². The van der Waals surface area contributed by atoms with Crippen LogP contribution in [0.3, 0.4) is 0 Å². The average molecular weight is 336 g/mol. The molecule has 0 fully saturated rings. The Morgan fingerprint density at radius 3 is 2.91 bits per heavy atom. The van der Waals surface area contributed by atoms with E-state index >= 15 is 0 Å². The molecule has 0 bridgehead atoms. The zero-order chi connectivity index (χ0) is 16.4. The number of alkyl halides is 2. The van der Waals surface area contributed by atoms with Gasteiger partial charge in [-0.15, -0.1) is 0 Å². The van der Waals surface area contributed by atoms with Gasteiger partial charge in [0.05, 0.1) is 6.54 Å². The van der Waals surface area contributed by atoms with Crippen molar-refractivity contribution in [3.63, 3.8) is 0 Å². The zero-order valence-corrected chi connectivity index (χ0v) is 13.1. The molecule has 0 spiro atoms. The Morgan fingerprint density at radius 1 is 1.45 bits per heavy atom. The lowest BCUT2D eigenvalue weighted by Gasteiger charge is -2.10. The van der Waals surface area contributed by atoms with Crippen LogP contribution in [-0.4, -0.2) is 32.3 Å². The van der Waals surface area contributed by atoms with Gasteiger partial charge in [-0.05, 0) is 31.5 Å². The third-order valence-electron chi connectivity index (χ3n) is 2.63. The van der Waals surface area contributed by atoms with Crippen molar-refractivity contribution in [2.24, 2.45) is 10.7 Å². The minimum Gasteiger partial charge on any atom is -0.434 e. The topological polar surface area (TPSA) is 68.9 Å². The van der Waals surface area contributed by atoms with Crippen LogP contribution in [0.15, 0.2) is 23.2 Å². The Bertz CT molecular complexity index is 487. The maximum absolute atomic E-state index is 12.3. The highest BCUT2D eigenvalue weighted by molar-refractivity contribution is 6.30. The number of guanidine groups is 1. The van der Waals surface area contributed by atoms with Gasteiger partial charge in [0.25, 0.3) is 0 Å². The molecule has 1 aromatic rings. The summed E-state index contributed by atoms with van der Waals surface area (Å²) < 4.78 is 34.3. The summed E-state index contributed by atoms with van der Waals surface area (Å²) in [7, 11) is 0. The van der Waals surface area contributed by atoms with Crippen LogP contribution in [0.1, 0.15) is 18.9 Å². The lowest BCUT2D eigenvalue weighted by Crippen LogP contribution is -2.32. The van der Waals surface area contributed by atoms with Crippen molar-refractivity contribution in [1.29, 1.82) is 0 Å². The van der Waals surface area contributed by atoms with Crippen molar-refractivity contribution >= 4 is 17.6 Å². The second kappa shape index (κ2) is 10.2. The van der Waals surface area contributed by atoms with Crippen LogP contribution in [0.2, 0.25) is 5.02 Å². The molecule has 124 valence electrons. The predicted molar refractivity (Wildman–Crippen MR) is 82.5 cm³/mol. The van der Waals surface area contributed by atoms with Crippen molar-refractivity contribution in [1.82, 2.24) is 5.32 Å². The van der Waals surface area contributed by atoms with E-state index in [9.17, 15) is 8.78 Å². The van der Waals surface area contributed by atoms with Crippen LogP contribution in [0.4, 0.5) is 8.78 Å². The Kier molecular flexibility index (Phi) is 8.54. The fourth-order valence-corrected chi connectivity index (χ4v) is 1.84. The first-order chi connectivity index (χ1) is 10.5. The van der Waals surface area contributed by atoms with E-state index in [2.05, 4.69) is 15.0 Å². The van der Waals surface area contributed by atoms with Gasteiger partial charge < -0.3 is 20.5 Å². The normalized spacial score (nSPS) is 11.8. The number of benzene rings is 1. The molecule has 0 saturated heterocycles. The van der Waals surface area contributed by atoms with E-state index < -0.39 is 6.61 Å². The number of rotatable bonds is 9. The Balaban J connectivity index is 2.54. The lowest BCUT2D eigenvalue weighted by molar-refractivity contribution is -0.0504. The fraction of sp³-hybridized carbons (Fsp3) is 0.500. The summed E-state index contributed by atoms with van der Waals surface area (Å²) in [5.41, 5.74) is 6.14. The van der Waals surface area contributed by atoms with Crippen molar-refractivity contribution in [2.75, 3.05) is 19.8 Å². The predicted octanol–water partition coefficient (Wildman–Crippen LogP) is 2.77. The summed E-state index contributed by atoms with van der Waals surface area (Å²) in [4.78, 5) is 4.08. The quantitative estimate of drug-likeness (QED) is 0.413. The van der Waals surface area contributed by atoms with Gasteiger partial charge in [0.15, 0.2) is 5.96 Å². The SMILES string of the molecule is CCOCCCNC(N)=NCc1cc(Cl)ccc1OC(F)F. The molecule has 0 saturated carbocycles. The molecule has 0 atom stereocenters. The largest absolute Gasteiger partial charge is 0.434 e. The van der Waals surface area contributed by atoms with E-state index in [1.54, 1.807) is 0 Å². The highest BCUT2D eigenvalue weighted by Crippen LogP contribution is 2.25. The first-order valence-corrected chi connectivity index (χ1v) is 7.25. The van der Waals surface area contributed by atoms with Crippen molar-refractivity contribution in [3.05, 3.63) is 28.8 Å². The molecule has 5 nitrogen and oxygen atoms in total. The lowest BCUT2D eigenvalue weighted by atomic mass is 10.2. The number of hydrogen-bond acceptors (Lipinski definition) is 3. The van der Waals surface area contributed by atoms with Gasteiger partial charge in [-0.3, -0.25) is 0 Å². The van der Waals surface area contributed by atoms with Crippen LogP contribution in [0.5, 0.6) is 5.75 Å². The van der Waals surface area contributed by atoms with E-state index in [-0.39, 0.29) is 18.3 Å². The van der Waals surface area contributed by atoms with Gasteiger partial charge in [-0.2, -0.15) is 8.78 Å². The van der Waals surface area contributed by atoms with Gasteiger partial charge in [0, 0.05) is 30.3 Å². The highest BCUT2D eigenvalue weighted by Gasteiger charge is 2.10. The molecule has 1 aromatic carbocycles. The molecule has 0 heterocycles. The van der Waals surface area contributed by atoms with Gasteiger partial charge in [-0.1, -0.05) is 11.6 Å². The summed E-state index contributed by atoms with van der Waals surface area (Å²) in [6, 6.07) is 4.37. The van der Waals surface area contributed by atoms with E-state index in [0.717, 1.165) is 6.42 Å². The van der Waals surface area contributed by atoms with Crippen molar-refractivity contribution in [2.45, 2.75) is 26.5 Å². The third kappa shape index (κ3) is 7.42. The molecular weight excluding hydrogens is 316 g/mol. The molecule has 0 radical (unpaired) electrons. The summed E-state index contributed by atoms with van der Waals surface area (Å²) in [5, 5.41) is 3.32. The Labute approximate surface area is 133 Å². The molecular formula is C14H20ClF2N3O2. The smallest absolute Gasteiger partial charge is 0.387 e. The number of nitrogens with zero attached hydrogens (tertiary/aromatic N) is 1. The minimum absolute atomic E-state index is 0.0345. The molecule has 0 aromatic heterocycles. The first-order valence-electron chi connectivity index (χ1n) is 6.87.